The maximum atomic E-state index is 13.1. The first kappa shape index (κ1) is 15.4. The largest absolute Gasteiger partial charge is 0.493 e. The number of aliphatic hydroxyl groups is 1. The highest BCUT2D eigenvalue weighted by atomic mass is 19.1. The lowest BCUT2D eigenvalue weighted by Gasteiger charge is -2.14. The van der Waals surface area contributed by atoms with E-state index in [0.717, 1.165) is 0 Å². The molecule has 2 N–H and O–H groups in total. The molecule has 19 heavy (non-hydrogen) atoms. The van der Waals surface area contributed by atoms with Crippen molar-refractivity contribution in [2.45, 2.75) is 39.3 Å². The molecule has 0 fully saturated rings. The van der Waals surface area contributed by atoms with Crippen LogP contribution in [-0.4, -0.2) is 23.7 Å². The lowest BCUT2D eigenvalue weighted by molar-refractivity contribution is -0.122. The first-order valence-corrected chi connectivity index (χ1v) is 6.30. The zero-order valence-electron chi connectivity index (χ0n) is 11.4. The fourth-order valence-corrected chi connectivity index (χ4v) is 1.63. The SMILES string of the molecule is CC(C)NC(=O)CCOc1ccc(F)cc1[C@H](C)O. The Bertz CT molecular complexity index is 433. The van der Waals surface area contributed by atoms with Crippen LogP contribution >= 0.6 is 0 Å². The molecule has 1 atom stereocenters. The summed E-state index contributed by atoms with van der Waals surface area (Å²) in [6.45, 7) is 5.48. The van der Waals surface area contributed by atoms with Gasteiger partial charge in [0.25, 0.3) is 0 Å². The molecule has 106 valence electrons. The van der Waals surface area contributed by atoms with Gasteiger partial charge in [0, 0.05) is 11.6 Å². The minimum atomic E-state index is -0.824. The predicted molar refractivity (Wildman–Crippen MR) is 70.4 cm³/mol. The zero-order chi connectivity index (χ0) is 14.4. The monoisotopic (exact) mass is 269 g/mol. The van der Waals surface area contributed by atoms with Crippen molar-refractivity contribution in [1.29, 1.82) is 0 Å². The summed E-state index contributed by atoms with van der Waals surface area (Å²) in [6, 6.07) is 4.03. The number of halogens is 1. The van der Waals surface area contributed by atoms with Gasteiger partial charge >= 0.3 is 0 Å². The molecule has 0 heterocycles. The van der Waals surface area contributed by atoms with E-state index in [-0.39, 0.29) is 25.0 Å². The first-order chi connectivity index (χ1) is 8.90. The second-order valence-electron chi connectivity index (χ2n) is 4.68. The molecule has 0 bridgehead atoms. The van der Waals surface area contributed by atoms with Gasteiger partial charge in [0.15, 0.2) is 0 Å². The summed E-state index contributed by atoms with van der Waals surface area (Å²) in [5, 5.41) is 12.3. The molecule has 1 aromatic carbocycles. The van der Waals surface area contributed by atoms with Crippen LogP contribution < -0.4 is 10.1 Å². The number of aliphatic hydroxyl groups excluding tert-OH is 1. The van der Waals surface area contributed by atoms with Gasteiger partial charge in [0.05, 0.1) is 19.1 Å². The molecule has 4 nitrogen and oxygen atoms in total. The average molecular weight is 269 g/mol. The molecule has 0 aliphatic heterocycles. The Morgan fingerprint density at radius 3 is 2.68 bits per heavy atom. The molecule has 0 aliphatic carbocycles. The highest BCUT2D eigenvalue weighted by Gasteiger charge is 2.11. The number of ether oxygens (including phenoxy) is 1. The van der Waals surface area contributed by atoms with Gasteiger partial charge in [-0.1, -0.05) is 0 Å². The van der Waals surface area contributed by atoms with Gasteiger partial charge in [0.2, 0.25) is 5.91 Å². The summed E-state index contributed by atoms with van der Waals surface area (Å²) in [7, 11) is 0. The summed E-state index contributed by atoms with van der Waals surface area (Å²) in [5.74, 6) is -0.134. The van der Waals surface area contributed by atoms with E-state index in [0.29, 0.717) is 11.3 Å². The molecule has 0 spiro atoms. The van der Waals surface area contributed by atoms with Gasteiger partial charge in [-0.05, 0) is 39.0 Å². The van der Waals surface area contributed by atoms with Crippen LogP contribution in [0.4, 0.5) is 4.39 Å². The fourth-order valence-electron chi connectivity index (χ4n) is 1.63. The molecule has 0 saturated heterocycles. The third-order valence-electron chi connectivity index (χ3n) is 2.46. The standard InChI is InChI=1S/C14H20FNO3/c1-9(2)16-14(18)6-7-19-13-5-4-11(15)8-12(13)10(3)17/h4-5,8-10,17H,6-7H2,1-3H3,(H,16,18)/t10-/m0/s1. The highest BCUT2D eigenvalue weighted by Crippen LogP contribution is 2.25. The molecule has 1 rings (SSSR count). The summed E-state index contributed by atoms with van der Waals surface area (Å²) >= 11 is 0. The number of amides is 1. The number of carbonyl (C=O) groups is 1. The number of rotatable bonds is 6. The van der Waals surface area contributed by atoms with Crippen LogP contribution in [0.15, 0.2) is 18.2 Å². The maximum absolute atomic E-state index is 13.1. The Balaban J connectivity index is 2.56. The van der Waals surface area contributed by atoms with Crippen LogP contribution in [0, 0.1) is 5.82 Å². The number of nitrogens with one attached hydrogen (secondary N) is 1. The van der Waals surface area contributed by atoms with E-state index in [1.54, 1.807) is 0 Å². The lowest BCUT2D eigenvalue weighted by Crippen LogP contribution is -2.31. The summed E-state index contributed by atoms with van der Waals surface area (Å²) in [5.41, 5.74) is 0.379. The van der Waals surface area contributed by atoms with E-state index in [1.807, 2.05) is 13.8 Å². The van der Waals surface area contributed by atoms with E-state index in [9.17, 15) is 14.3 Å². The highest BCUT2D eigenvalue weighted by molar-refractivity contribution is 5.76. The Morgan fingerprint density at radius 2 is 2.11 bits per heavy atom. The third kappa shape index (κ3) is 5.26. The summed E-state index contributed by atoms with van der Waals surface area (Å²) in [6.07, 6.45) is -0.607. The average Bonchev–Trinajstić information content (AvgIpc) is 2.29. The van der Waals surface area contributed by atoms with Crippen LogP contribution in [0.2, 0.25) is 0 Å². The molecule has 0 radical (unpaired) electrons. The molecule has 0 aromatic heterocycles. The van der Waals surface area contributed by atoms with Crippen molar-refractivity contribution < 1.29 is 19.0 Å². The van der Waals surface area contributed by atoms with Crippen molar-refractivity contribution in [3.63, 3.8) is 0 Å². The summed E-state index contributed by atoms with van der Waals surface area (Å²) < 4.78 is 18.5. The molecule has 0 aliphatic rings. The molecule has 1 amide bonds. The van der Waals surface area contributed by atoms with Crippen LogP contribution in [-0.2, 0) is 4.79 Å². The predicted octanol–water partition coefficient (Wildman–Crippen LogP) is 2.17. The molecular formula is C14H20FNO3. The topological polar surface area (TPSA) is 58.6 Å². The van der Waals surface area contributed by atoms with Crippen molar-refractivity contribution in [3.8, 4) is 5.75 Å². The minimum Gasteiger partial charge on any atom is -0.493 e. The quantitative estimate of drug-likeness (QED) is 0.832. The van der Waals surface area contributed by atoms with Gasteiger partial charge < -0.3 is 15.2 Å². The lowest BCUT2D eigenvalue weighted by atomic mass is 10.1. The first-order valence-electron chi connectivity index (χ1n) is 6.30. The molecule has 1 aromatic rings. The van der Waals surface area contributed by atoms with Gasteiger partial charge in [-0.3, -0.25) is 4.79 Å². The normalized spacial score (nSPS) is 12.3. The Morgan fingerprint density at radius 1 is 1.42 bits per heavy atom. The second-order valence-corrected chi connectivity index (χ2v) is 4.68. The van der Waals surface area contributed by atoms with E-state index < -0.39 is 11.9 Å². The van der Waals surface area contributed by atoms with Crippen molar-refractivity contribution in [3.05, 3.63) is 29.6 Å². The smallest absolute Gasteiger partial charge is 0.223 e. The van der Waals surface area contributed by atoms with E-state index in [2.05, 4.69) is 5.32 Å². The second kappa shape index (κ2) is 7.09. The van der Waals surface area contributed by atoms with Crippen molar-refractivity contribution in [2.24, 2.45) is 0 Å². The van der Waals surface area contributed by atoms with E-state index >= 15 is 0 Å². The van der Waals surface area contributed by atoms with Crippen LogP contribution in [0.3, 0.4) is 0 Å². The fraction of sp³-hybridized carbons (Fsp3) is 0.500. The molecule has 0 saturated carbocycles. The van der Waals surface area contributed by atoms with Crippen molar-refractivity contribution in [2.75, 3.05) is 6.61 Å². The Labute approximate surface area is 112 Å². The van der Waals surface area contributed by atoms with Crippen molar-refractivity contribution >= 4 is 5.91 Å². The Hall–Kier alpha value is -1.62. The van der Waals surface area contributed by atoms with Gasteiger partial charge in [-0.15, -0.1) is 0 Å². The zero-order valence-corrected chi connectivity index (χ0v) is 11.4. The summed E-state index contributed by atoms with van der Waals surface area (Å²) in [4.78, 5) is 11.4. The Kier molecular flexibility index (Phi) is 5.76. The minimum absolute atomic E-state index is 0.0892. The van der Waals surface area contributed by atoms with Gasteiger partial charge in [-0.25, -0.2) is 4.39 Å². The van der Waals surface area contributed by atoms with Crippen LogP contribution in [0.1, 0.15) is 38.9 Å². The van der Waals surface area contributed by atoms with Gasteiger partial charge in [-0.2, -0.15) is 0 Å². The van der Waals surface area contributed by atoms with Crippen LogP contribution in [0.5, 0.6) is 5.75 Å². The third-order valence-corrected chi connectivity index (χ3v) is 2.46. The number of benzene rings is 1. The van der Waals surface area contributed by atoms with E-state index in [1.165, 1.54) is 25.1 Å². The van der Waals surface area contributed by atoms with Crippen LogP contribution in [0.25, 0.3) is 0 Å². The molecular weight excluding hydrogens is 249 g/mol. The maximum Gasteiger partial charge on any atom is 0.223 e. The number of carbonyl (C=O) groups excluding carboxylic acids is 1. The molecule has 5 heteroatoms. The van der Waals surface area contributed by atoms with Gasteiger partial charge in [0.1, 0.15) is 11.6 Å². The number of hydrogen-bond donors (Lipinski definition) is 2. The number of hydrogen-bond acceptors (Lipinski definition) is 3. The molecule has 0 unspecified atom stereocenters. The van der Waals surface area contributed by atoms with E-state index in [4.69, 9.17) is 4.74 Å². The van der Waals surface area contributed by atoms with Crippen molar-refractivity contribution in [1.82, 2.24) is 5.32 Å².